The van der Waals surface area contributed by atoms with Crippen LogP contribution >= 0.6 is 0 Å². The van der Waals surface area contributed by atoms with E-state index in [-0.39, 0.29) is 5.82 Å². The van der Waals surface area contributed by atoms with E-state index in [1.807, 2.05) is 36.5 Å². The molecule has 0 bridgehead atoms. The van der Waals surface area contributed by atoms with Crippen molar-refractivity contribution in [3.63, 3.8) is 0 Å². The Labute approximate surface area is 152 Å². The molecule has 0 aliphatic carbocycles. The molecule has 1 unspecified atom stereocenters. The van der Waals surface area contributed by atoms with Gasteiger partial charge in [-0.2, -0.15) is 0 Å². The van der Waals surface area contributed by atoms with Gasteiger partial charge in [0.25, 0.3) is 0 Å². The zero-order valence-corrected chi connectivity index (χ0v) is 14.9. The van der Waals surface area contributed by atoms with Crippen LogP contribution < -0.4 is 0 Å². The first-order valence-electron chi connectivity index (χ1n) is 8.86. The molecule has 4 heteroatoms. The van der Waals surface area contributed by atoms with Gasteiger partial charge in [-0.15, -0.1) is 0 Å². The summed E-state index contributed by atoms with van der Waals surface area (Å²) >= 11 is 0. The average Bonchev–Trinajstić information content (AvgIpc) is 3.04. The molecule has 3 aromatic heterocycles. The largest absolute Gasteiger partial charge is 0.336 e. The molecule has 0 saturated heterocycles. The minimum absolute atomic E-state index is 0.238. The van der Waals surface area contributed by atoms with E-state index in [1.54, 1.807) is 12.4 Å². The smallest absolute Gasteiger partial charge is 0.123 e. The number of benzene rings is 1. The van der Waals surface area contributed by atoms with Crippen molar-refractivity contribution in [3.05, 3.63) is 72.9 Å². The van der Waals surface area contributed by atoms with Gasteiger partial charge < -0.3 is 4.57 Å². The fraction of sp³-hybridized carbons (Fsp3) is 0.182. The predicted octanol–water partition coefficient (Wildman–Crippen LogP) is 5.88. The van der Waals surface area contributed by atoms with Gasteiger partial charge in [0.2, 0.25) is 0 Å². The summed E-state index contributed by atoms with van der Waals surface area (Å²) in [6.45, 7) is 4.40. The first-order valence-corrected chi connectivity index (χ1v) is 8.86. The normalized spacial score (nSPS) is 12.4. The van der Waals surface area contributed by atoms with E-state index >= 15 is 0 Å². The van der Waals surface area contributed by atoms with Crippen LogP contribution in [0, 0.1) is 5.82 Å². The Bertz CT molecular complexity index is 1040. The topological polar surface area (TPSA) is 30.7 Å². The minimum Gasteiger partial charge on any atom is -0.336 e. The van der Waals surface area contributed by atoms with E-state index in [4.69, 9.17) is 0 Å². The van der Waals surface area contributed by atoms with Crippen molar-refractivity contribution in [2.45, 2.75) is 26.3 Å². The van der Waals surface area contributed by atoms with Crippen LogP contribution in [0.1, 0.15) is 26.3 Å². The number of rotatable bonds is 4. The maximum atomic E-state index is 13.5. The summed E-state index contributed by atoms with van der Waals surface area (Å²) in [6.07, 6.45) is 6.41. The molecule has 0 amide bonds. The van der Waals surface area contributed by atoms with E-state index in [2.05, 4.69) is 34.4 Å². The molecule has 4 aromatic rings. The second-order valence-corrected chi connectivity index (χ2v) is 6.46. The van der Waals surface area contributed by atoms with Crippen LogP contribution in [-0.4, -0.2) is 14.5 Å². The Balaban J connectivity index is 2.14. The van der Waals surface area contributed by atoms with Gasteiger partial charge in [-0.3, -0.25) is 9.97 Å². The van der Waals surface area contributed by atoms with Crippen LogP contribution in [-0.2, 0) is 0 Å². The lowest BCUT2D eigenvalue weighted by Crippen LogP contribution is -2.05. The fourth-order valence-electron chi connectivity index (χ4n) is 3.46. The van der Waals surface area contributed by atoms with Crippen molar-refractivity contribution >= 4 is 11.0 Å². The quantitative estimate of drug-likeness (QED) is 0.463. The molecule has 3 heterocycles. The second kappa shape index (κ2) is 6.71. The Hall–Kier alpha value is -3.01. The van der Waals surface area contributed by atoms with Crippen molar-refractivity contribution in [1.29, 1.82) is 0 Å². The highest BCUT2D eigenvalue weighted by molar-refractivity contribution is 6.02. The van der Waals surface area contributed by atoms with Crippen molar-refractivity contribution in [1.82, 2.24) is 14.5 Å². The minimum atomic E-state index is -0.238. The maximum absolute atomic E-state index is 13.5. The number of nitrogens with zero attached hydrogens (tertiary/aromatic N) is 3. The van der Waals surface area contributed by atoms with Crippen molar-refractivity contribution < 1.29 is 4.39 Å². The molecule has 0 saturated carbocycles. The van der Waals surface area contributed by atoms with E-state index in [9.17, 15) is 4.39 Å². The monoisotopic (exact) mass is 345 g/mol. The Morgan fingerprint density at radius 3 is 2.38 bits per heavy atom. The van der Waals surface area contributed by atoms with Crippen molar-refractivity contribution in [3.8, 4) is 22.4 Å². The Kier molecular flexibility index (Phi) is 4.25. The highest BCUT2D eigenvalue weighted by Crippen LogP contribution is 2.42. The molecular weight excluding hydrogens is 325 g/mol. The third-order valence-corrected chi connectivity index (χ3v) is 4.88. The van der Waals surface area contributed by atoms with Crippen LogP contribution in [0.4, 0.5) is 4.39 Å². The average molecular weight is 345 g/mol. The van der Waals surface area contributed by atoms with E-state index in [0.717, 1.165) is 39.8 Å². The third kappa shape index (κ3) is 2.68. The molecule has 130 valence electrons. The third-order valence-electron chi connectivity index (χ3n) is 4.88. The van der Waals surface area contributed by atoms with Gasteiger partial charge in [0, 0.05) is 35.8 Å². The van der Waals surface area contributed by atoms with Crippen molar-refractivity contribution in [2.75, 3.05) is 0 Å². The second-order valence-electron chi connectivity index (χ2n) is 6.46. The molecule has 1 atom stereocenters. The van der Waals surface area contributed by atoms with E-state index in [0.29, 0.717) is 6.04 Å². The molecule has 0 aliphatic rings. The summed E-state index contributed by atoms with van der Waals surface area (Å²) in [5.74, 6) is -0.238. The standard InChI is InChI=1S/C22H20FN3/c1-3-15(2)26-19-5-4-12-25-21(19)20(16-6-8-18(23)9-7-16)22(26)17-10-13-24-14-11-17/h4-15H,3H2,1-2H3. The molecule has 1 aromatic carbocycles. The first-order chi connectivity index (χ1) is 12.7. The molecule has 0 spiro atoms. The molecule has 0 radical (unpaired) electrons. The van der Waals surface area contributed by atoms with Crippen LogP contribution in [0.3, 0.4) is 0 Å². The van der Waals surface area contributed by atoms with Gasteiger partial charge in [0.1, 0.15) is 5.82 Å². The van der Waals surface area contributed by atoms with E-state index in [1.165, 1.54) is 12.1 Å². The summed E-state index contributed by atoms with van der Waals surface area (Å²) in [7, 11) is 0. The van der Waals surface area contributed by atoms with Crippen LogP contribution in [0.15, 0.2) is 67.1 Å². The first kappa shape index (κ1) is 16.5. The zero-order valence-electron chi connectivity index (χ0n) is 14.9. The van der Waals surface area contributed by atoms with Crippen molar-refractivity contribution in [2.24, 2.45) is 0 Å². The lowest BCUT2D eigenvalue weighted by molar-refractivity contribution is 0.553. The van der Waals surface area contributed by atoms with Gasteiger partial charge in [-0.1, -0.05) is 19.1 Å². The summed E-state index contributed by atoms with van der Waals surface area (Å²) in [4.78, 5) is 8.83. The van der Waals surface area contributed by atoms with Gasteiger partial charge in [-0.05, 0) is 55.3 Å². The predicted molar refractivity (Wildman–Crippen MR) is 103 cm³/mol. The summed E-state index contributed by atoms with van der Waals surface area (Å²) in [5, 5.41) is 0. The number of hydrogen-bond donors (Lipinski definition) is 0. The summed E-state index contributed by atoms with van der Waals surface area (Å²) < 4.78 is 15.8. The van der Waals surface area contributed by atoms with Crippen LogP contribution in [0.25, 0.3) is 33.4 Å². The Morgan fingerprint density at radius 2 is 1.69 bits per heavy atom. The lowest BCUT2D eigenvalue weighted by atomic mass is 10.0. The van der Waals surface area contributed by atoms with Gasteiger partial charge >= 0.3 is 0 Å². The number of fused-ring (bicyclic) bond motifs is 1. The molecule has 0 aliphatic heterocycles. The van der Waals surface area contributed by atoms with Gasteiger partial charge in [0.15, 0.2) is 0 Å². The maximum Gasteiger partial charge on any atom is 0.123 e. The summed E-state index contributed by atoms with van der Waals surface area (Å²) in [6, 6.07) is 15.1. The van der Waals surface area contributed by atoms with Gasteiger partial charge in [0.05, 0.1) is 16.7 Å². The zero-order chi connectivity index (χ0) is 18.1. The fourth-order valence-corrected chi connectivity index (χ4v) is 3.46. The molecule has 0 fully saturated rings. The number of halogens is 1. The van der Waals surface area contributed by atoms with Crippen LogP contribution in [0.2, 0.25) is 0 Å². The van der Waals surface area contributed by atoms with Crippen LogP contribution in [0.5, 0.6) is 0 Å². The van der Waals surface area contributed by atoms with Gasteiger partial charge in [-0.25, -0.2) is 4.39 Å². The summed E-state index contributed by atoms with van der Waals surface area (Å²) in [5.41, 5.74) is 6.20. The lowest BCUT2D eigenvalue weighted by Gasteiger charge is -2.18. The molecule has 0 N–H and O–H groups in total. The van der Waals surface area contributed by atoms with E-state index < -0.39 is 0 Å². The molecule has 3 nitrogen and oxygen atoms in total. The highest BCUT2D eigenvalue weighted by Gasteiger charge is 2.23. The number of aromatic nitrogens is 3. The number of pyridine rings is 2. The Morgan fingerprint density at radius 1 is 0.962 bits per heavy atom. The molecule has 26 heavy (non-hydrogen) atoms. The molecular formula is C22H20FN3. The SMILES string of the molecule is CCC(C)n1c(-c2ccncc2)c(-c2ccc(F)cc2)c2ncccc21. The molecule has 4 rings (SSSR count). The number of hydrogen-bond acceptors (Lipinski definition) is 2. The highest BCUT2D eigenvalue weighted by atomic mass is 19.1.